The Morgan fingerprint density at radius 2 is 1.95 bits per heavy atom. The zero-order chi connectivity index (χ0) is 26.4. The van der Waals surface area contributed by atoms with Gasteiger partial charge in [0.15, 0.2) is 5.13 Å². The lowest BCUT2D eigenvalue weighted by molar-refractivity contribution is 0.288. The van der Waals surface area contributed by atoms with E-state index >= 15 is 0 Å². The van der Waals surface area contributed by atoms with Gasteiger partial charge in [-0.15, -0.1) is 11.3 Å². The SMILES string of the molecule is Cc1ccc(Nc2nc(CSc3nc(N)c(C#N)c(-c4ccc(CCCO)nc4)c3C#N)cs2)cc1F. The maximum atomic E-state index is 13.8. The fourth-order valence-electron chi connectivity index (χ4n) is 3.54. The fraction of sp³-hybridized carbons (Fsp3) is 0.192. The second kappa shape index (κ2) is 11.8. The van der Waals surface area contributed by atoms with E-state index in [1.54, 1.807) is 37.4 Å². The molecule has 0 bridgehead atoms. The number of nitrogens with one attached hydrogen (secondary N) is 1. The molecule has 0 fully saturated rings. The third-order valence-electron chi connectivity index (χ3n) is 5.45. The highest BCUT2D eigenvalue weighted by atomic mass is 32.2. The number of hydrogen-bond acceptors (Lipinski definition) is 10. The largest absolute Gasteiger partial charge is 0.396 e. The molecule has 11 heteroatoms. The number of aryl methyl sites for hydroxylation is 2. The molecular weight excluding hydrogens is 509 g/mol. The lowest BCUT2D eigenvalue weighted by Gasteiger charge is -2.13. The molecule has 1 aromatic carbocycles. The van der Waals surface area contributed by atoms with Crippen molar-refractivity contribution in [2.75, 3.05) is 17.7 Å². The zero-order valence-corrected chi connectivity index (χ0v) is 21.5. The molecular formula is C26H22FN7OS2. The minimum Gasteiger partial charge on any atom is -0.396 e. The summed E-state index contributed by atoms with van der Waals surface area (Å²) < 4.78 is 13.8. The lowest BCUT2D eigenvalue weighted by atomic mass is 9.98. The number of hydrogen-bond donors (Lipinski definition) is 3. The van der Waals surface area contributed by atoms with Gasteiger partial charge in [-0.25, -0.2) is 14.4 Å². The Hall–Kier alpha value is -4.03. The lowest BCUT2D eigenvalue weighted by Crippen LogP contribution is -2.04. The summed E-state index contributed by atoms with van der Waals surface area (Å²) in [5, 5.41) is 34.7. The molecule has 186 valence electrons. The van der Waals surface area contributed by atoms with Crippen molar-refractivity contribution in [2.24, 2.45) is 0 Å². The van der Waals surface area contributed by atoms with E-state index in [1.807, 2.05) is 5.38 Å². The predicted molar refractivity (Wildman–Crippen MR) is 143 cm³/mol. The monoisotopic (exact) mass is 531 g/mol. The Balaban J connectivity index is 1.57. The van der Waals surface area contributed by atoms with Gasteiger partial charge < -0.3 is 16.2 Å². The van der Waals surface area contributed by atoms with Crippen LogP contribution in [0.25, 0.3) is 11.1 Å². The Morgan fingerprint density at radius 1 is 1.14 bits per heavy atom. The van der Waals surface area contributed by atoms with Gasteiger partial charge in [-0.3, -0.25) is 4.98 Å². The van der Waals surface area contributed by atoms with Crippen LogP contribution in [-0.2, 0) is 12.2 Å². The van der Waals surface area contributed by atoms with E-state index in [9.17, 15) is 14.9 Å². The van der Waals surface area contributed by atoms with Crippen molar-refractivity contribution in [1.29, 1.82) is 10.5 Å². The highest BCUT2D eigenvalue weighted by Crippen LogP contribution is 2.37. The number of thiazole rings is 1. The van der Waals surface area contributed by atoms with Crippen molar-refractivity contribution in [2.45, 2.75) is 30.5 Å². The van der Waals surface area contributed by atoms with E-state index < -0.39 is 0 Å². The smallest absolute Gasteiger partial charge is 0.187 e. The first kappa shape index (κ1) is 26.0. The number of halogens is 1. The first-order valence-corrected chi connectivity index (χ1v) is 13.1. The zero-order valence-electron chi connectivity index (χ0n) is 19.8. The van der Waals surface area contributed by atoms with Gasteiger partial charge in [0.2, 0.25) is 0 Å². The first-order valence-electron chi connectivity index (χ1n) is 11.2. The number of aromatic nitrogens is 3. The molecule has 4 rings (SSSR count). The maximum Gasteiger partial charge on any atom is 0.187 e. The van der Waals surface area contributed by atoms with Crippen LogP contribution in [0.2, 0.25) is 0 Å². The normalized spacial score (nSPS) is 10.6. The van der Waals surface area contributed by atoms with E-state index in [0.29, 0.717) is 51.1 Å². The quantitative estimate of drug-likeness (QED) is 0.244. The highest BCUT2D eigenvalue weighted by molar-refractivity contribution is 7.98. The summed E-state index contributed by atoms with van der Waals surface area (Å²) in [4.78, 5) is 13.3. The number of nitriles is 2. The minimum atomic E-state index is -0.295. The fourth-order valence-corrected chi connectivity index (χ4v) is 5.26. The Labute approximate surface area is 221 Å². The van der Waals surface area contributed by atoms with Gasteiger partial charge in [0.25, 0.3) is 0 Å². The number of aliphatic hydroxyl groups excluding tert-OH is 1. The number of thioether (sulfide) groups is 1. The summed E-state index contributed by atoms with van der Waals surface area (Å²) in [6.45, 7) is 1.77. The third kappa shape index (κ3) is 6.04. The Morgan fingerprint density at radius 3 is 2.62 bits per heavy atom. The van der Waals surface area contributed by atoms with Crippen molar-refractivity contribution in [3.8, 4) is 23.3 Å². The number of benzene rings is 1. The van der Waals surface area contributed by atoms with E-state index in [4.69, 9.17) is 10.8 Å². The molecule has 0 saturated carbocycles. The van der Waals surface area contributed by atoms with E-state index in [-0.39, 0.29) is 29.4 Å². The molecule has 3 heterocycles. The third-order valence-corrected chi connectivity index (χ3v) is 7.27. The van der Waals surface area contributed by atoms with E-state index in [2.05, 4.69) is 32.4 Å². The van der Waals surface area contributed by atoms with Crippen LogP contribution < -0.4 is 11.1 Å². The average Bonchev–Trinajstić information content (AvgIpc) is 3.35. The predicted octanol–water partition coefficient (Wildman–Crippen LogP) is 5.33. The molecule has 4 N–H and O–H groups in total. The summed E-state index contributed by atoms with van der Waals surface area (Å²) in [5.41, 5.74) is 10.2. The summed E-state index contributed by atoms with van der Waals surface area (Å²) >= 11 is 2.67. The Kier molecular flexibility index (Phi) is 8.31. The number of aliphatic hydroxyl groups is 1. The molecule has 37 heavy (non-hydrogen) atoms. The van der Waals surface area contributed by atoms with Crippen LogP contribution in [0.4, 0.5) is 21.0 Å². The van der Waals surface area contributed by atoms with Crippen molar-refractivity contribution in [3.63, 3.8) is 0 Å². The topological polar surface area (TPSA) is 145 Å². The van der Waals surface area contributed by atoms with Crippen LogP contribution in [0.3, 0.4) is 0 Å². The molecule has 0 atom stereocenters. The van der Waals surface area contributed by atoms with Crippen LogP contribution >= 0.6 is 23.1 Å². The van der Waals surface area contributed by atoms with Gasteiger partial charge in [0.05, 0.1) is 11.3 Å². The maximum absolute atomic E-state index is 13.8. The molecule has 0 unspecified atom stereocenters. The molecule has 0 aliphatic heterocycles. The van der Waals surface area contributed by atoms with Crippen molar-refractivity contribution < 1.29 is 9.50 Å². The summed E-state index contributed by atoms with van der Waals surface area (Å²) in [7, 11) is 0. The molecule has 0 saturated heterocycles. The first-order chi connectivity index (χ1) is 17.9. The van der Waals surface area contributed by atoms with Crippen LogP contribution in [-0.4, -0.2) is 26.7 Å². The second-order valence-electron chi connectivity index (χ2n) is 8.04. The van der Waals surface area contributed by atoms with Crippen molar-refractivity contribution >= 4 is 39.7 Å². The van der Waals surface area contributed by atoms with Gasteiger partial charge in [-0.2, -0.15) is 10.5 Å². The average molecular weight is 532 g/mol. The van der Waals surface area contributed by atoms with E-state index in [1.165, 1.54) is 29.2 Å². The molecule has 0 amide bonds. The standard InChI is InChI=1S/C26H22FN7OS2/c1-15-4-6-18(9-22(15)27)32-26-33-19(14-37-26)13-36-25-21(11-29)23(20(10-28)24(30)34-25)16-5-7-17(31-12-16)3-2-8-35/h4-7,9,12,14,35H,2-3,8,13H2,1H3,(H2,30,34)(H,32,33). The molecule has 8 nitrogen and oxygen atoms in total. The summed E-state index contributed by atoms with van der Waals surface area (Å²) in [6.07, 6.45) is 2.82. The second-order valence-corrected chi connectivity index (χ2v) is 9.86. The van der Waals surface area contributed by atoms with Crippen LogP contribution in [0, 0.1) is 35.4 Å². The molecule has 4 aromatic rings. The summed E-state index contributed by atoms with van der Waals surface area (Å²) in [5.74, 6) is 0.146. The Bertz CT molecular complexity index is 1510. The van der Waals surface area contributed by atoms with Gasteiger partial charge in [0.1, 0.15) is 34.4 Å². The van der Waals surface area contributed by atoms with Gasteiger partial charge >= 0.3 is 0 Å². The number of nitrogens with two attached hydrogens (primary N) is 1. The molecule has 3 aromatic heterocycles. The number of anilines is 3. The number of nitrogen functional groups attached to an aromatic ring is 1. The van der Waals surface area contributed by atoms with Crippen molar-refractivity contribution in [1.82, 2.24) is 15.0 Å². The van der Waals surface area contributed by atoms with E-state index in [0.717, 1.165) is 11.4 Å². The molecule has 0 spiro atoms. The van der Waals surface area contributed by atoms with Gasteiger partial charge in [0, 0.05) is 46.4 Å². The molecule has 0 aliphatic rings. The van der Waals surface area contributed by atoms with Gasteiger partial charge in [-0.05, 0) is 43.5 Å². The van der Waals surface area contributed by atoms with Crippen LogP contribution in [0.5, 0.6) is 0 Å². The van der Waals surface area contributed by atoms with Crippen LogP contribution in [0.1, 0.15) is 34.5 Å². The van der Waals surface area contributed by atoms with Gasteiger partial charge in [-0.1, -0.05) is 23.9 Å². The van der Waals surface area contributed by atoms with Crippen molar-refractivity contribution in [3.05, 3.63) is 75.8 Å². The minimum absolute atomic E-state index is 0.0328. The molecule has 0 radical (unpaired) electrons. The summed E-state index contributed by atoms with van der Waals surface area (Å²) in [6, 6.07) is 12.7. The number of nitrogens with zero attached hydrogens (tertiary/aromatic N) is 5. The van der Waals surface area contributed by atoms with Crippen LogP contribution in [0.15, 0.2) is 46.9 Å². The molecule has 0 aliphatic carbocycles. The highest BCUT2D eigenvalue weighted by Gasteiger charge is 2.21. The number of rotatable bonds is 9. The number of pyridine rings is 2.